The van der Waals surface area contributed by atoms with E-state index < -0.39 is 23.5 Å². The van der Waals surface area contributed by atoms with E-state index in [1.54, 1.807) is 22.4 Å². The molecular formula is C26H29BrN4O3. The highest BCUT2D eigenvalue weighted by molar-refractivity contribution is 9.10. The number of amides is 1. The molecule has 0 saturated carbocycles. The maximum Gasteiger partial charge on any atom is 0.295 e. The van der Waals surface area contributed by atoms with E-state index in [9.17, 15) is 14.7 Å². The number of likely N-dealkylation sites (tertiary alicyclic amines) is 1. The summed E-state index contributed by atoms with van der Waals surface area (Å²) in [7, 11) is 0. The molecule has 0 aliphatic carbocycles. The number of Topliss-reactive ketones (excluding diaryl/α,β-unsaturated/α-hetero) is 1. The topological polar surface area (TPSA) is 82.2 Å². The molecule has 1 unspecified atom stereocenters. The fourth-order valence-electron chi connectivity index (χ4n) is 4.74. The molecule has 0 radical (unpaired) electrons. The van der Waals surface area contributed by atoms with E-state index in [0.717, 1.165) is 36.1 Å². The van der Waals surface area contributed by atoms with Gasteiger partial charge in [0.05, 0.1) is 37.1 Å². The summed E-state index contributed by atoms with van der Waals surface area (Å²) in [6.07, 6.45) is 2.50. The number of ketones is 1. The van der Waals surface area contributed by atoms with Crippen molar-refractivity contribution in [3.63, 3.8) is 0 Å². The Morgan fingerprint density at radius 1 is 1.15 bits per heavy atom. The van der Waals surface area contributed by atoms with Gasteiger partial charge in [-0.25, -0.2) is 4.98 Å². The summed E-state index contributed by atoms with van der Waals surface area (Å²) in [4.78, 5) is 33.9. The van der Waals surface area contributed by atoms with Gasteiger partial charge in [0.25, 0.3) is 5.91 Å². The lowest BCUT2D eigenvalue weighted by Crippen LogP contribution is -3.11. The Morgan fingerprint density at radius 3 is 2.62 bits per heavy atom. The van der Waals surface area contributed by atoms with E-state index in [-0.39, 0.29) is 5.57 Å². The van der Waals surface area contributed by atoms with Crippen molar-refractivity contribution in [1.29, 1.82) is 0 Å². The summed E-state index contributed by atoms with van der Waals surface area (Å²) in [5.41, 5.74) is 2.20. The molecule has 7 nitrogen and oxygen atoms in total. The number of fused-ring (bicyclic) bond motifs is 1. The SMILES string of the molecule is CC[NH+](CC)CCCN1C(=O)C(=O)C(=C([O-])c2c(C)nc3ccccn23)C1c1cccc(Br)c1. The number of carbonyl (C=O) groups is 2. The summed E-state index contributed by atoms with van der Waals surface area (Å²) in [6.45, 7) is 9.33. The fraction of sp³-hybridized carbons (Fsp3) is 0.346. The lowest BCUT2D eigenvalue weighted by atomic mass is 9.96. The molecule has 34 heavy (non-hydrogen) atoms. The first-order chi connectivity index (χ1) is 16.4. The van der Waals surface area contributed by atoms with Crippen LogP contribution in [-0.4, -0.2) is 52.2 Å². The minimum absolute atomic E-state index is 0.00737. The standard InChI is InChI=1S/C26H29BrN4O3/c1-4-29(5-2)13-9-15-31-23(18-10-8-11-19(27)16-18)21(25(33)26(31)34)24(32)22-17(3)28-20-12-6-7-14-30(20)22/h6-8,10-12,14,16,23,32H,4-5,9,13,15H2,1-3H3. The van der Waals surface area contributed by atoms with Crippen LogP contribution in [0.1, 0.15) is 43.3 Å². The van der Waals surface area contributed by atoms with E-state index in [4.69, 9.17) is 0 Å². The number of rotatable bonds is 8. The van der Waals surface area contributed by atoms with Gasteiger partial charge in [-0.3, -0.25) is 9.59 Å². The van der Waals surface area contributed by atoms with Crippen LogP contribution in [0.3, 0.4) is 0 Å². The average Bonchev–Trinajstić information content (AvgIpc) is 3.29. The zero-order valence-corrected chi connectivity index (χ0v) is 21.3. The number of quaternary nitrogens is 1. The van der Waals surface area contributed by atoms with Crippen molar-refractivity contribution in [2.45, 2.75) is 33.2 Å². The van der Waals surface area contributed by atoms with Gasteiger partial charge in [0.1, 0.15) is 5.65 Å². The second kappa shape index (κ2) is 10.1. The van der Waals surface area contributed by atoms with Crippen LogP contribution in [0, 0.1) is 6.92 Å². The second-order valence-electron chi connectivity index (χ2n) is 8.56. The van der Waals surface area contributed by atoms with E-state index in [2.05, 4.69) is 34.8 Å². The smallest absolute Gasteiger partial charge is 0.295 e. The molecule has 1 fully saturated rings. The van der Waals surface area contributed by atoms with Crippen LogP contribution < -0.4 is 10.0 Å². The second-order valence-corrected chi connectivity index (χ2v) is 9.48. The predicted octanol–water partition coefficient (Wildman–Crippen LogP) is 1.94. The minimum atomic E-state index is -0.731. The number of halogens is 1. The Hall–Kier alpha value is -2.97. The maximum atomic E-state index is 13.9. The number of benzene rings is 1. The molecule has 178 valence electrons. The van der Waals surface area contributed by atoms with E-state index in [0.29, 0.717) is 23.6 Å². The number of nitrogens with zero attached hydrogens (tertiary/aromatic N) is 3. The van der Waals surface area contributed by atoms with Gasteiger partial charge in [0, 0.05) is 29.2 Å². The van der Waals surface area contributed by atoms with Gasteiger partial charge >= 0.3 is 0 Å². The van der Waals surface area contributed by atoms with Crippen molar-refractivity contribution in [1.82, 2.24) is 14.3 Å². The molecule has 3 heterocycles. The highest BCUT2D eigenvalue weighted by atomic mass is 79.9. The summed E-state index contributed by atoms with van der Waals surface area (Å²) in [5.74, 6) is -1.79. The van der Waals surface area contributed by atoms with Crippen LogP contribution in [0.4, 0.5) is 0 Å². The summed E-state index contributed by atoms with van der Waals surface area (Å²) in [5, 5.41) is 13.9. The van der Waals surface area contributed by atoms with Crippen molar-refractivity contribution in [3.8, 4) is 0 Å². The molecule has 1 N–H and O–H groups in total. The number of aromatic nitrogens is 2. The Balaban J connectivity index is 1.82. The van der Waals surface area contributed by atoms with Crippen molar-refractivity contribution < 1.29 is 19.6 Å². The van der Waals surface area contributed by atoms with Gasteiger partial charge in [-0.2, -0.15) is 0 Å². The lowest BCUT2D eigenvalue weighted by Gasteiger charge is -2.28. The fourth-order valence-corrected chi connectivity index (χ4v) is 5.16. The number of carbonyl (C=O) groups excluding carboxylic acids is 2. The average molecular weight is 525 g/mol. The van der Waals surface area contributed by atoms with E-state index in [1.165, 1.54) is 4.90 Å². The van der Waals surface area contributed by atoms with E-state index in [1.807, 2.05) is 42.5 Å². The minimum Gasteiger partial charge on any atom is -0.871 e. The maximum absolute atomic E-state index is 13.9. The first kappa shape index (κ1) is 24.2. The molecule has 0 spiro atoms. The van der Waals surface area contributed by atoms with Gasteiger partial charge < -0.3 is 19.3 Å². The summed E-state index contributed by atoms with van der Waals surface area (Å²) in [6, 6.07) is 12.2. The van der Waals surface area contributed by atoms with Gasteiger partial charge in [-0.1, -0.05) is 39.9 Å². The molecule has 3 aromatic rings. The quantitative estimate of drug-likeness (QED) is 0.277. The highest BCUT2D eigenvalue weighted by Gasteiger charge is 2.44. The van der Waals surface area contributed by atoms with Crippen molar-refractivity contribution in [2.75, 3.05) is 26.2 Å². The molecule has 1 saturated heterocycles. The van der Waals surface area contributed by atoms with Gasteiger partial charge in [-0.15, -0.1) is 0 Å². The van der Waals surface area contributed by atoms with Crippen LogP contribution in [0.5, 0.6) is 0 Å². The third kappa shape index (κ3) is 4.40. The molecular weight excluding hydrogens is 496 g/mol. The first-order valence-corrected chi connectivity index (χ1v) is 12.5. The van der Waals surface area contributed by atoms with Gasteiger partial charge in [0.15, 0.2) is 0 Å². The van der Waals surface area contributed by atoms with Crippen molar-refractivity contribution in [3.05, 3.63) is 75.7 Å². The Bertz CT molecular complexity index is 1260. The molecule has 4 rings (SSSR count). The summed E-state index contributed by atoms with van der Waals surface area (Å²) >= 11 is 3.49. The highest BCUT2D eigenvalue weighted by Crippen LogP contribution is 2.39. The largest absolute Gasteiger partial charge is 0.871 e. The van der Waals surface area contributed by atoms with Crippen molar-refractivity contribution in [2.24, 2.45) is 0 Å². The lowest BCUT2D eigenvalue weighted by molar-refractivity contribution is -0.896. The zero-order valence-electron chi connectivity index (χ0n) is 19.7. The summed E-state index contributed by atoms with van der Waals surface area (Å²) < 4.78 is 2.51. The van der Waals surface area contributed by atoms with Crippen LogP contribution in [0.2, 0.25) is 0 Å². The molecule has 0 bridgehead atoms. The number of pyridine rings is 1. The normalized spacial score (nSPS) is 17.9. The van der Waals surface area contributed by atoms with Crippen LogP contribution in [-0.2, 0) is 9.59 Å². The third-order valence-electron chi connectivity index (χ3n) is 6.54. The number of nitrogens with one attached hydrogen (secondary N) is 1. The number of imidazole rings is 1. The molecule has 1 amide bonds. The molecule has 2 aromatic heterocycles. The number of aryl methyl sites for hydroxylation is 1. The molecule has 1 aliphatic heterocycles. The first-order valence-electron chi connectivity index (χ1n) is 11.7. The Labute approximate surface area is 207 Å². The van der Waals surface area contributed by atoms with Crippen LogP contribution >= 0.6 is 15.9 Å². The predicted molar refractivity (Wildman–Crippen MR) is 132 cm³/mol. The Morgan fingerprint density at radius 2 is 1.91 bits per heavy atom. The van der Waals surface area contributed by atoms with Crippen LogP contribution in [0.15, 0.2) is 58.7 Å². The number of hydrogen-bond acceptors (Lipinski definition) is 4. The molecule has 1 atom stereocenters. The van der Waals surface area contributed by atoms with E-state index >= 15 is 0 Å². The Kier molecular flexibility index (Phi) is 7.19. The number of hydrogen-bond donors (Lipinski definition) is 1. The monoisotopic (exact) mass is 524 g/mol. The van der Waals surface area contributed by atoms with Crippen LogP contribution in [0.25, 0.3) is 11.4 Å². The molecule has 1 aliphatic rings. The zero-order chi connectivity index (χ0) is 24.4. The molecule has 8 heteroatoms. The third-order valence-corrected chi connectivity index (χ3v) is 7.04. The van der Waals surface area contributed by atoms with Gasteiger partial charge in [0.2, 0.25) is 5.78 Å². The van der Waals surface area contributed by atoms with Gasteiger partial charge in [-0.05, 0) is 50.6 Å². The van der Waals surface area contributed by atoms with Crippen molar-refractivity contribution >= 4 is 39.0 Å². The molecule has 1 aromatic carbocycles.